The van der Waals surface area contributed by atoms with Crippen LogP contribution in [0.1, 0.15) is 0 Å². The highest BCUT2D eigenvalue weighted by Crippen LogP contribution is 2.26. The van der Waals surface area contributed by atoms with Crippen LogP contribution in [0.5, 0.6) is 5.88 Å². The van der Waals surface area contributed by atoms with E-state index in [-0.39, 0.29) is 11.6 Å². The molecule has 0 unspecified atom stereocenters. The Bertz CT molecular complexity index is 637. The molecule has 1 heterocycles. The van der Waals surface area contributed by atoms with Crippen molar-refractivity contribution in [2.45, 2.75) is 0 Å². The van der Waals surface area contributed by atoms with Crippen molar-refractivity contribution in [3.63, 3.8) is 0 Å². The van der Waals surface area contributed by atoms with Crippen LogP contribution in [0.15, 0.2) is 29.1 Å². The molecule has 0 N–H and O–H groups in total. The van der Waals surface area contributed by atoms with E-state index in [1.807, 2.05) is 0 Å². The van der Waals surface area contributed by atoms with Crippen molar-refractivity contribution >= 4 is 16.5 Å². The van der Waals surface area contributed by atoms with E-state index in [1.54, 1.807) is 24.3 Å². The molecule has 1 aromatic carbocycles. The molecule has 0 aliphatic carbocycles. The second-order valence-corrected chi connectivity index (χ2v) is 3.16. The third-order valence-corrected chi connectivity index (χ3v) is 2.32. The fourth-order valence-corrected chi connectivity index (χ4v) is 1.52. The first-order valence-electron chi connectivity index (χ1n) is 4.30. The molecule has 0 aliphatic heterocycles. The summed E-state index contributed by atoms with van der Waals surface area (Å²) in [5.74, 6) is -0.386. The molecule has 0 atom stereocenters. The summed E-state index contributed by atoms with van der Waals surface area (Å²) in [5.41, 5.74) is -0.700. The van der Waals surface area contributed by atoms with Gasteiger partial charge in [-0.2, -0.15) is 0 Å². The second kappa shape index (κ2) is 3.10. The predicted molar refractivity (Wildman–Crippen MR) is 53.4 cm³/mol. The summed E-state index contributed by atoms with van der Waals surface area (Å²) in [6, 6.07) is 6.53. The van der Waals surface area contributed by atoms with Crippen molar-refractivity contribution in [2.75, 3.05) is 0 Å². The second-order valence-electron chi connectivity index (χ2n) is 3.16. The van der Waals surface area contributed by atoms with Crippen molar-refractivity contribution in [1.82, 2.24) is 4.57 Å². The van der Waals surface area contributed by atoms with Gasteiger partial charge in [0, 0.05) is 7.05 Å². The molecule has 0 radical (unpaired) electrons. The molecule has 0 amide bonds. The molecule has 5 heteroatoms. The molecule has 0 spiro atoms. The fourth-order valence-electron chi connectivity index (χ4n) is 1.52. The number of diazo groups is 1. The Hall–Kier alpha value is -2.35. The summed E-state index contributed by atoms with van der Waals surface area (Å²) in [4.78, 5) is 14.5. The average molecular weight is 201 g/mol. The number of fused-ring (bicyclic) bond motifs is 1. The lowest BCUT2D eigenvalue weighted by atomic mass is 10.1. The van der Waals surface area contributed by atoms with Crippen LogP contribution in [0.4, 0.5) is 5.69 Å². The van der Waals surface area contributed by atoms with E-state index in [4.69, 9.17) is 5.39 Å². The molecule has 5 nitrogen and oxygen atoms in total. The highest BCUT2D eigenvalue weighted by Gasteiger charge is 2.19. The molecule has 2 rings (SSSR count). The van der Waals surface area contributed by atoms with Crippen LogP contribution in [-0.2, 0) is 7.05 Å². The molecule has 0 bridgehead atoms. The van der Waals surface area contributed by atoms with Gasteiger partial charge in [0.05, 0.1) is 5.39 Å². The Morgan fingerprint density at radius 2 is 1.93 bits per heavy atom. The predicted octanol–water partition coefficient (Wildman–Crippen LogP) is 1.10. The van der Waals surface area contributed by atoms with Crippen LogP contribution in [0.25, 0.3) is 15.7 Å². The molecular weight excluding hydrogens is 194 g/mol. The Morgan fingerprint density at radius 1 is 1.33 bits per heavy atom. The minimum Gasteiger partial charge on any atom is -0.860 e. The van der Waals surface area contributed by atoms with E-state index < -0.39 is 5.56 Å². The third-order valence-electron chi connectivity index (χ3n) is 2.32. The van der Waals surface area contributed by atoms with Crippen molar-refractivity contribution < 1.29 is 5.11 Å². The van der Waals surface area contributed by atoms with Gasteiger partial charge >= 0.3 is 11.2 Å². The smallest absolute Gasteiger partial charge is 0.456 e. The number of hydrogen-bond acceptors (Lipinski definition) is 3. The summed E-state index contributed by atoms with van der Waals surface area (Å²) in [6.45, 7) is 0. The quantitative estimate of drug-likeness (QED) is 0.599. The molecule has 0 fully saturated rings. The topological polar surface area (TPSA) is 73.2 Å². The maximum Gasteiger partial charge on any atom is 0.456 e. The minimum atomic E-state index is -0.596. The van der Waals surface area contributed by atoms with Crippen LogP contribution < -0.4 is 10.7 Å². The highest BCUT2D eigenvalue weighted by atomic mass is 16.3. The first-order chi connectivity index (χ1) is 7.16. The third kappa shape index (κ3) is 1.15. The van der Waals surface area contributed by atoms with Gasteiger partial charge in [0.1, 0.15) is 0 Å². The van der Waals surface area contributed by atoms with Gasteiger partial charge in [-0.1, -0.05) is 18.2 Å². The van der Waals surface area contributed by atoms with E-state index in [0.29, 0.717) is 10.8 Å². The van der Waals surface area contributed by atoms with Crippen LogP contribution in [-0.4, -0.2) is 4.57 Å². The van der Waals surface area contributed by atoms with E-state index in [0.717, 1.165) is 4.57 Å². The highest BCUT2D eigenvalue weighted by molar-refractivity contribution is 5.96. The zero-order valence-corrected chi connectivity index (χ0v) is 7.97. The number of nitrogens with zero attached hydrogens (tertiary/aromatic N) is 3. The molecule has 0 saturated heterocycles. The minimum absolute atomic E-state index is 0.104. The zero-order valence-electron chi connectivity index (χ0n) is 7.97. The normalized spacial score (nSPS) is 10.1. The van der Waals surface area contributed by atoms with Gasteiger partial charge in [-0.15, -0.1) is 0 Å². The number of benzene rings is 1. The van der Waals surface area contributed by atoms with Gasteiger partial charge in [-0.05, 0) is 17.3 Å². The molecule has 74 valence electrons. The van der Waals surface area contributed by atoms with E-state index in [1.165, 1.54) is 7.05 Å². The maximum atomic E-state index is 11.7. The molecular formula is C10H7N3O2. The van der Waals surface area contributed by atoms with Crippen LogP contribution in [0, 0.1) is 5.39 Å². The number of rotatable bonds is 0. The SMILES string of the molecule is Cn1c([O-])c2ccccc2c([N+]#N)c1=O. The lowest BCUT2D eigenvalue weighted by molar-refractivity contribution is -0.276. The number of aromatic nitrogens is 1. The molecule has 1 aromatic heterocycles. The van der Waals surface area contributed by atoms with Gasteiger partial charge in [0.2, 0.25) is 5.39 Å². The van der Waals surface area contributed by atoms with Gasteiger partial charge in [0.25, 0.3) is 0 Å². The molecule has 0 aliphatic rings. The van der Waals surface area contributed by atoms with Gasteiger partial charge in [-0.25, -0.2) is 0 Å². The summed E-state index contributed by atoms with van der Waals surface area (Å²) in [7, 11) is 1.35. The number of pyridine rings is 1. The lowest BCUT2D eigenvalue weighted by Crippen LogP contribution is -2.20. The molecule has 15 heavy (non-hydrogen) atoms. The molecule has 0 saturated carbocycles. The number of hydrogen-bond donors (Lipinski definition) is 0. The zero-order chi connectivity index (χ0) is 11.0. The Kier molecular flexibility index (Phi) is 1.90. The maximum absolute atomic E-state index is 11.7. The Balaban J connectivity index is 3.14. The van der Waals surface area contributed by atoms with E-state index in [9.17, 15) is 9.90 Å². The fraction of sp³-hybridized carbons (Fsp3) is 0.100. The molecule has 2 aromatic rings. The first kappa shape index (κ1) is 9.21. The monoisotopic (exact) mass is 201 g/mol. The van der Waals surface area contributed by atoms with Gasteiger partial charge in [-0.3, -0.25) is 4.79 Å². The van der Waals surface area contributed by atoms with Crippen molar-refractivity contribution in [1.29, 1.82) is 5.39 Å². The van der Waals surface area contributed by atoms with E-state index >= 15 is 0 Å². The summed E-state index contributed by atoms with van der Waals surface area (Å²) >= 11 is 0. The van der Waals surface area contributed by atoms with Crippen LogP contribution in [0.3, 0.4) is 0 Å². The Morgan fingerprint density at radius 3 is 2.53 bits per heavy atom. The Labute approximate surface area is 84.8 Å². The largest absolute Gasteiger partial charge is 0.860 e. The van der Waals surface area contributed by atoms with E-state index in [2.05, 4.69) is 4.98 Å². The van der Waals surface area contributed by atoms with Crippen molar-refractivity contribution in [3.05, 3.63) is 39.6 Å². The lowest BCUT2D eigenvalue weighted by Gasteiger charge is -2.13. The van der Waals surface area contributed by atoms with Crippen LogP contribution >= 0.6 is 0 Å². The van der Waals surface area contributed by atoms with Crippen molar-refractivity contribution in [2.24, 2.45) is 7.05 Å². The summed E-state index contributed by atoms with van der Waals surface area (Å²) < 4.78 is 0.928. The summed E-state index contributed by atoms with van der Waals surface area (Å²) in [5, 5.41) is 21.1. The standard InChI is InChI=1S/C10H7N3O2/c1-13-9(14)7-5-3-2-4-6(7)8(12-11)10(13)15/h2-5H,1H3. The van der Waals surface area contributed by atoms with Crippen LogP contribution in [0.2, 0.25) is 0 Å². The first-order valence-corrected chi connectivity index (χ1v) is 4.30. The van der Waals surface area contributed by atoms with Gasteiger partial charge < -0.3 is 9.67 Å². The summed E-state index contributed by atoms with van der Waals surface area (Å²) in [6.07, 6.45) is 0. The van der Waals surface area contributed by atoms with Gasteiger partial charge in [0.15, 0.2) is 4.98 Å². The average Bonchev–Trinajstić information content (AvgIpc) is 2.27. The van der Waals surface area contributed by atoms with Crippen molar-refractivity contribution in [3.8, 4) is 5.88 Å².